The maximum atomic E-state index is 13.0. The topological polar surface area (TPSA) is 72.9 Å². The van der Waals surface area contributed by atoms with Gasteiger partial charge in [-0.15, -0.1) is 0 Å². The second-order valence-corrected chi connectivity index (χ2v) is 8.56. The van der Waals surface area contributed by atoms with E-state index in [-0.39, 0.29) is 29.0 Å². The predicted molar refractivity (Wildman–Crippen MR) is 119 cm³/mol. The number of halogens is 3. The number of carbonyl (C=O) groups excluding carboxylic acids is 3. The average Bonchev–Trinajstić information content (AvgIpc) is 2.96. The molecule has 0 unspecified atom stereocenters. The van der Waals surface area contributed by atoms with Crippen molar-refractivity contribution in [2.75, 3.05) is 13.2 Å². The molecule has 0 atom stereocenters. The van der Waals surface area contributed by atoms with Crippen LogP contribution in [-0.4, -0.2) is 35.2 Å². The van der Waals surface area contributed by atoms with Gasteiger partial charge in [0.15, 0.2) is 5.75 Å². The number of carbonyl (C=O) groups is 3. The highest BCUT2D eigenvalue weighted by atomic mass is 79.9. The van der Waals surface area contributed by atoms with Crippen LogP contribution in [-0.2, 0) is 20.9 Å². The van der Waals surface area contributed by atoms with Crippen LogP contribution in [0, 0.1) is 5.82 Å². The Morgan fingerprint density at radius 3 is 2.61 bits per heavy atom. The SMILES string of the molecule is CCOC(=O)CN1C(=O)S/C(=C/c2cc(Cl)c(OCc3ccc(F)cc3)c(Br)c2)C1=O. The van der Waals surface area contributed by atoms with Gasteiger partial charge in [0.1, 0.15) is 19.0 Å². The summed E-state index contributed by atoms with van der Waals surface area (Å²) in [6.07, 6.45) is 1.51. The lowest BCUT2D eigenvalue weighted by Crippen LogP contribution is -2.34. The molecule has 1 saturated heterocycles. The summed E-state index contributed by atoms with van der Waals surface area (Å²) < 4.78 is 24.1. The van der Waals surface area contributed by atoms with Gasteiger partial charge in [-0.05, 0) is 76.1 Å². The average molecular weight is 529 g/mol. The highest BCUT2D eigenvalue weighted by Crippen LogP contribution is 2.38. The Balaban J connectivity index is 1.74. The molecule has 162 valence electrons. The Labute approximate surface area is 195 Å². The fourth-order valence-corrected chi connectivity index (χ4v) is 4.49. The minimum absolute atomic E-state index is 0.160. The van der Waals surface area contributed by atoms with Crippen LogP contribution in [0.15, 0.2) is 45.8 Å². The molecule has 0 radical (unpaired) electrons. The molecule has 0 aliphatic carbocycles. The molecular formula is C21H16BrClFNO5S. The van der Waals surface area contributed by atoms with Crippen molar-refractivity contribution < 1.29 is 28.2 Å². The maximum absolute atomic E-state index is 13.0. The smallest absolute Gasteiger partial charge is 0.326 e. The predicted octanol–water partition coefficient (Wildman–Crippen LogP) is 5.42. The van der Waals surface area contributed by atoms with Gasteiger partial charge in [0.2, 0.25) is 0 Å². The van der Waals surface area contributed by atoms with Gasteiger partial charge >= 0.3 is 5.97 Å². The summed E-state index contributed by atoms with van der Waals surface area (Å²) in [7, 11) is 0. The van der Waals surface area contributed by atoms with Gasteiger partial charge in [-0.1, -0.05) is 23.7 Å². The first-order chi connectivity index (χ1) is 14.8. The molecule has 0 saturated carbocycles. The zero-order valence-electron chi connectivity index (χ0n) is 16.2. The summed E-state index contributed by atoms with van der Waals surface area (Å²) in [5, 5.41) is -0.262. The molecule has 0 aromatic heterocycles. The Morgan fingerprint density at radius 2 is 1.97 bits per heavy atom. The first kappa shape index (κ1) is 23.3. The standard InChI is InChI=1S/C21H16BrClFNO5S/c1-2-29-18(26)10-25-20(27)17(31-21(25)28)9-13-7-15(22)19(16(23)8-13)30-11-12-3-5-14(24)6-4-12/h3-9H,2,10-11H2,1H3/b17-9+. The van der Waals surface area contributed by atoms with Crippen molar-refractivity contribution in [1.82, 2.24) is 4.90 Å². The molecule has 0 bridgehead atoms. The molecule has 3 rings (SSSR count). The number of esters is 1. The van der Waals surface area contributed by atoms with E-state index in [1.54, 1.807) is 31.2 Å². The highest BCUT2D eigenvalue weighted by Gasteiger charge is 2.36. The first-order valence-corrected chi connectivity index (χ1v) is 11.0. The van der Waals surface area contributed by atoms with E-state index in [0.717, 1.165) is 22.2 Å². The molecule has 1 heterocycles. The molecule has 2 aromatic carbocycles. The first-order valence-electron chi connectivity index (χ1n) is 9.05. The van der Waals surface area contributed by atoms with E-state index in [1.807, 2.05) is 0 Å². The van der Waals surface area contributed by atoms with E-state index in [9.17, 15) is 18.8 Å². The number of hydrogen-bond donors (Lipinski definition) is 0. The third-order valence-electron chi connectivity index (χ3n) is 4.08. The van der Waals surface area contributed by atoms with Crippen LogP contribution in [0.2, 0.25) is 5.02 Å². The van der Waals surface area contributed by atoms with Gasteiger partial charge < -0.3 is 9.47 Å². The maximum Gasteiger partial charge on any atom is 0.326 e. The summed E-state index contributed by atoms with van der Waals surface area (Å²) in [5.41, 5.74) is 1.33. The van der Waals surface area contributed by atoms with Crippen molar-refractivity contribution in [3.8, 4) is 5.75 Å². The molecule has 10 heteroatoms. The van der Waals surface area contributed by atoms with Gasteiger partial charge in [-0.2, -0.15) is 0 Å². The second kappa shape index (κ2) is 10.3. The molecule has 31 heavy (non-hydrogen) atoms. The summed E-state index contributed by atoms with van der Waals surface area (Å²) in [4.78, 5) is 37.2. The number of rotatable bonds is 7. The lowest BCUT2D eigenvalue weighted by Gasteiger charge is -2.12. The molecule has 6 nitrogen and oxygen atoms in total. The second-order valence-electron chi connectivity index (χ2n) is 6.30. The minimum Gasteiger partial charge on any atom is -0.486 e. The van der Waals surface area contributed by atoms with Crippen LogP contribution >= 0.6 is 39.3 Å². The summed E-state index contributed by atoms with van der Waals surface area (Å²) in [6.45, 7) is 1.55. The number of nitrogens with zero attached hydrogens (tertiary/aromatic N) is 1. The van der Waals surface area contributed by atoms with Crippen LogP contribution in [0.5, 0.6) is 5.75 Å². The molecule has 0 spiro atoms. The summed E-state index contributed by atoms with van der Waals surface area (Å²) in [6, 6.07) is 9.17. The minimum atomic E-state index is -0.653. The number of thioether (sulfide) groups is 1. The van der Waals surface area contributed by atoms with E-state index in [1.165, 1.54) is 18.2 Å². The highest BCUT2D eigenvalue weighted by molar-refractivity contribution is 9.10. The molecule has 2 aromatic rings. The van der Waals surface area contributed by atoms with Gasteiger partial charge in [0, 0.05) is 0 Å². The van der Waals surface area contributed by atoms with Gasteiger partial charge in [0.25, 0.3) is 11.1 Å². The fraction of sp³-hybridized carbons (Fsp3) is 0.190. The van der Waals surface area contributed by atoms with Crippen molar-refractivity contribution in [2.24, 2.45) is 0 Å². The summed E-state index contributed by atoms with van der Waals surface area (Å²) >= 11 is 10.5. The zero-order valence-corrected chi connectivity index (χ0v) is 19.4. The number of benzene rings is 2. The lowest BCUT2D eigenvalue weighted by molar-refractivity contribution is -0.145. The fourth-order valence-electron chi connectivity index (χ4n) is 2.66. The van der Waals surface area contributed by atoms with Gasteiger partial charge in [-0.25, -0.2) is 4.39 Å². The third-order valence-corrected chi connectivity index (χ3v) is 5.86. The van der Waals surface area contributed by atoms with Crippen molar-refractivity contribution in [3.05, 3.63) is 67.7 Å². The monoisotopic (exact) mass is 527 g/mol. The quantitative estimate of drug-likeness (QED) is 0.353. The number of amides is 2. The molecular weight excluding hydrogens is 513 g/mol. The van der Waals surface area contributed by atoms with Crippen molar-refractivity contribution in [3.63, 3.8) is 0 Å². The van der Waals surface area contributed by atoms with Crippen LogP contribution in [0.3, 0.4) is 0 Å². The van der Waals surface area contributed by atoms with Crippen LogP contribution in [0.4, 0.5) is 9.18 Å². The van der Waals surface area contributed by atoms with E-state index in [2.05, 4.69) is 15.9 Å². The van der Waals surface area contributed by atoms with Crippen molar-refractivity contribution in [2.45, 2.75) is 13.5 Å². The molecule has 1 aliphatic rings. The van der Waals surface area contributed by atoms with Gasteiger partial charge in [0.05, 0.1) is 21.0 Å². The van der Waals surface area contributed by atoms with Crippen molar-refractivity contribution >= 4 is 62.5 Å². The van der Waals surface area contributed by atoms with Crippen molar-refractivity contribution in [1.29, 1.82) is 0 Å². The van der Waals surface area contributed by atoms with E-state index in [4.69, 9.17) is 21.1 Å². The normalized spacial score (nSPS) is 15.0. The Morgan fingerprint density at radius 1 is 1.26 bits per heavy atom. The number of ether oxygens (including phenoxy) is 2. The molecule has 0 N–H and O–H groups in total. The van der Waals surface area contributed by atoms with E-state index in [0.29, 0.717) is 15.8 Å². The Bertz CT molecular complexity index is 1040. The number of imide groups is 1. The van der Waals surface area contributed by atoms with Crippen LogP contribution < -0.4 is 4.74 Å². The third kappa shape index (κ3) is 5.87. The summed E-state index contributed by atoms with van der Waals surface area (Å²) in [5.74, 6) is -1.18. The van der Waals surface area contributed by atoms with E-state index < -0.39 is 23.7 Å². The van der Waals surface area contributed by atoms with E-state index >= 15 is 0 Å². The lowest BCUT2D eigenvalue weighted by atomic mass is 10.2. The molecule has 1 aliphatic heterocycles. The zero-order chi connectivity index (χ0) is 22.5. The van der Waals surface area contributed by atoms with Crippen LogP contribution in [0.1, 0.15) is 18.1 Å². The molecule has 1 fully saturated rings. The Hall–Kier alpha value is -2.36. The Kier molecular flexibility index (Phi) is 7.74. The van der Waals surface area contributed by atoms with Crippen LogP contribution in [0.25, 0.3) is 6.08 Å². The van der Waals surface area contributed by atoms with Gasteiger partial charge in [-0.3, -0.25) is 19.3 Å². The number of hydrogen-bond acceptors (Lipinski definition) is 6. The molecule has 2 amide bonds. The largest absolute Gasteiger partial charge is 0.486 e.